The minimum atomic E-state index is -0.0446. The first-order valence-electron chi connectivity index (χ1n) is 6.93. The van der Waals surface area contributed by atoms with E-state index >= 15 is 0 Å². The Kier molecular flexibility index (Phi) is 4.98. The third kappa shape index (κ3) is 4.06. The number of carbonyl (C=O) groups is 1. The summed E-state index contributed by atoms with van der Waals surface area (Å²) < 4.78 is 0. The fourth-order valence-corrected chi connectivity index (χ4v) is 3.28. The highest BCUT2D eigenvalue weighted by Crippen LogP contribution is 2.18. The first-order valence-corrected chi connectivity index (χ1v) is 7.74. The molecule has 0 aliphatic rings. The van der Waals surface area contributed by atoms with Crippen LogP contribution in [0.5, 0.6) is 0 Å². The van der Waals surface area contributed by atoms with Gasteiger partial charge in [0.15, 0.2) is 0 Å². The van der Waals surface area contributed by atoms with Crippen LogP contribution in [-0.4, -0.2) is 11.9 Å². The fraction of sp³-hybridized carbons (Fsp3) is 0.312. The van der Waals surface area contributed by atoms with Crippen LogP contribution in [0.2, 0.25) is 0 Å². The molecule has 0 radical (unpaired) electrons. The average molecular weight is 303 g/mol. The van der Waals surface area contributed by atoms with E-state index in [4.69, 9.17) is 5.84 Å². The normalized spacial score (nSPS) is 12.0. The van der Waals surface area contributed by atoms with E-state index in [0.717, 1.165) is 17.7 Å². The summed E-state index contributed by atoms with van der Waals surface area (Å²) in [5, 5.41) is 3.05. The number of amides is 1. The lowest BCUT2D eigenvalue weighted by atomic mass is 10.1. The van der Waals surface area contributed by atoms with E-state index in [2.05, 4.69) is 29.8 Å². The molecule has 4 nitrogen and oxygen atoms in total. The Bertz CT molecular complexity index is 636. The monoisotopic (exact) mass is 303 g/mol. The predicted molar refractivity (Wildman–Crippen MR) is 88.7 cm³/mol. The van der Waals surface area contributed by atoms with Gasteiger partial charge in [0.1, 0.15) is 0 Å². The molecule has 0 fully saturated rings. The van der Waals surface area contributed by atoms with Crippen molar-refractivity contribution in [2.75, 3.05) is 5.43 Å². The van der Waals surface area contributed by atoms with Gasteiger partial charge >= 0.3 is 0 Å². The number of carbonyl (C=O) groups excluding carboxylic acids is 1. The lowest BCUT2D eigenvalue weighted by Gasteiger charge is -2.14. The molecule has 5 heteroatoms. The Hall–Kier alpha value is -1.85. The standard InChI is InChI=1S/C16H21N3OS/c1-10-8-13(19-17)5-7-15(10)16(20)18-11(2)9-14-6-4-12(3)21-14/h4-8,11,19H,9,17H2,1-3H3,(H,18,20). The Morgan fingerprint density at radius 3 is 2.62 bits per heavy atom. The molecule has 112 valence electrons. The smallest absolute Gasteiger partial charge is 0.251 e. The molecule has 0 saturated carbocycles. The number of hydrogen-bond donors (Lipinski definition) is 3. The van der Waals surface area contributed by atoms with Gasteiger partial charge in [-0.2, -0.15) is 0 Å². The molecule has 1 amide bonds. The van der Waals surface area contributed by atoms with Crippen molar-refractivity contribution in [1.82, 2.24) is 5.32 Å². The summed E-state index contributed by atoms with van der Waals surface area (Å²) in [5.74, 6) is 5.32. The zero-order valence-electron chi connectivity index (χ0n) is 12.6. The number of hydrazine groups is 1. The van der Waals surface area contributed by atoms with Gasteiger partial charge < -0.3 is 10.7 Å². The van der Waals surface area contributed by atoms with Crippen LogP contribution in [-0.2, 0) is 6.42 Å². The third-order valence-corrected chi connectivity index (χ3v) is 4.34. The molecule has 1 heterocycles. The van der Waals surface area contributed by atoms with Gasteiger partial charge in [0.25, 0.3) is 5.91 Å². The Morgan fingerprint density at radius 2 is 2.05 bits per heavy atom. The number of hydrogen-bond acceptors (Lipinski definition) is 4. The van der Waals surface area contributed by atoms with Crippen molar-refractivity contribution in [3.8, 4) is 0 Å². The van der Waals surface area contributed by atoms with Crippen molar-refractivity contribution in [2.24, 2.45) is 5.84 Å². The topological polar surface area (TPSA) is 67.2 Å². The van der Waals surface area contributed by atoms with Crippen LogP contribution in [0.4, 0.5) is 5.69 Å². The van der Waals surface area contributed by atoms with Crippen LogP contribution in [0.1, 0.15) is 32.6 Å². The molecule has 0 spiro atoms. The minimum absolute atomic E-state index is 0.0446. The van der Waals surface area contributed by atoms with Crippen LogP contribution in [0.25, 0.3) is 0 Å². The second-order valence-electron chi connectivity index (χ2n) is 5.27. The van der Waals surface area contributed by atoms with Crippen molar-refractivity contribution in [3.05, 3.63) is 51.2 Å². The molecule has 0 saturated heterocycles. The molecule has 1 aromatic heterocycles. The number of aryl methyl sites for hydroxylation is 2. The summed E-state index contributed by atoms with van der Waals surface area (Å²) in [6, 6.07) is 9.79. The Morgan fingerprint density at radius 1 is 1.29 bits per heavy atom. The zero-order valence-corrected chi connectivity index (χ0v) is 13.4. The number of thiophene rings is 1. The van der Waals surface area contributed by atoms with E-state index in [9.17, 15) is 4.79 Å². The zero-order chi connectivity index (χ0) is 15.4. The van der Waals surface area contributed by atoms with Gasteiger partial charge in [-0.3, -0.25) is 10.6 Å². The van der Waals surface area contributed by atoms with Crippen LogP contribution in [0, 0.1) is 13.8 Å². The fourth-order valence-electron chi connectivity index (χ4n) is 2.26. The number of nitrogens with one attached hydrogen (secondary N) is 2. The molecule has 1 unspecified atom stereocenters. The van der Waals surface area contributed by atoms with Crippen molar-refractivity contribution in [2.45, 2.75) is 33.2 Å². The van der Waals surface area contributed by atoms with Gasteiger partial charge in [0.2, 0.25) is 0 Å². The number of rotatable bonds is 5. The first-order chi connectivity index (χ1) is 9.99. The summed E-state index contributed by atoms with van der Waals surface area (Å²) in [4.78, 5) is 14.9. The first kappa shape index (κ1) is 15.5. The molecule has 1 atom stereocenters. The number of nitrogens with two attached hydrogens (primary N) is 1. The van der Waals surface area contributed by atoms with Gasteiger partial charge in [0, 0.05) is 33.5 Å². The van der Waals surface area contributed by atoms with Crippen molar-refractivity contribution in [1.29, 1.82) is 0 Å². The molecule has 2 aromatic rings. The predicted octanol–water partition coefficient (Wildman–Crippen LogP) is 3.01. The van der Waals surface area contributed by atoms with Crippen LogP contribution >= 0.6 is 11.3 Å². The van der Waals surface area contributed by atoms with E-state index in [-0.39, 0.29) is 11.9 Å². The van der Waals surface area contributed by atoms with Gasteiger partial charge in [-0.25, -0.2) is 0 Å². The van der Waals surface area contributed by atoms with Crippen molar-refractivity contribution >= 4 is 22.9 Å². The summed E-state index contributed by atoms with van der Waals surface area (Å²) >= 11 is 1.77. The summed E-state index contributed by atoms with van der Waals surface area (Å²) in [5.41, 5.74) is 4.96. The molecule has 0 aliphatic heterocycles. The number of nitrogen functional groups attached to an aromatic ring is 1. The van der Waals surface area contributed by atoms with Crippen molar-refractivity contribution in [3.63, 3.8) is 0 Å². The lowest BCUT2D eigenvalue weighted by Crippen LogP contribution is -2.34. The van der Waals surface area contributed by atoms with E-state index in [0.29, 0.717) is 5.56 Å². The Labute approximate surface area is 129 Å². The lowest BCUT2D eigenvalue weighted by molar-refractivity contribution is 0.0939. The largest absolute Gasteiger partial charge is 0.349 e. The molecule has 2 rings (SSSR count). The van der Waals surface area contributed by atoms with Gasteiger partial charge in [-0.05, 0) is 56.7 Å². The van der Waals surface area contributed by atoms with Gasteiger partial charge in [0.05, 0.1) is 0 Å². The molecule has 0 aliphatic carbocycles. The molecule has 21 heavy (non-hydrogen) atoms. The molecular formula is C16H21N3OS. The SMILES string of the molecule is Cc1ccc(CC(C)NC(=O)c2ccc(NN)cc2C)s1. The van der Waals surface area contributed by atoms with E-state index < -0.39 is 0 Å². The third-order valence-electron chi connectivity index (χ3n) is 3.32. The van der Waals surface area contributed by atoms with Crippen LogP contribution in [0.15, 0.2) is 30.3 Å². The minimum Gasteiger partial charge on any atom is -0.349 e. The maximum absolute atomic E-state index is 12.3. The van der Waals surface area contributed by atoms with Gasteiger partial charge in [-0.15, -0.1) is 11.3 Å². The molecule has 0 bridgehead atoms. The summed E-state index contributed by atoms with van der Waals surface area (Å²) in [6.07, 6.45) is 0.853. The quantitative estimate of drug-likeness (QED) is 0.587. The van der Waals surface area contributed by atoms with E-state index in [1.807, 2.05) is 19.9 Å². The summed E-state index contributed by atoms with van der Waals surface area (Å²) in [6.45, 7) is 6.02. The molecule has 1 aromatic carbocycles. The highest BCUT2D eigenvalue weighted by molar-refractivity contribution is 7.11. The van der Waals surface area contributed by atoms with Crippen LogP contribution in [0.3, 0.4) is 0 Å². The van der Waals surface area contributed by atoms with Crippen LogP contribution < -0.4 is 16.6 Å². The maximum atomic E-state index is 12.3. The molecular weight excluding hydrogens is 282 g/mol. The highest BCUT2D eigenvalue weighted by atomic mass is 32.1. The summed E-state index contributed by atoms with van der Waals surface area (Å²) in [7, 11) is 0. The number of anilines is 1. The van der Waals surface area contributed by atoms with Crippen molar-refractivity contribution < 1.29 is 4.79 Å². The van der Waals surface area contributed by atoms with E-state index in [1.54, 1.807) is 23.5 Å². The Balaban J connectivity index is 2.00. The second kappa shape index (κ2) is 6.74. The highest BCUT2D eigenvalue weighted by Gasteiger charge is 2.13. The van der Waals surface area contributed by atoms with E-state index in [1.165, 1.54) is 9.75 Å². The van der Waals surface area contributed by atoms with Gasteiger partial charge in [-0.1, -0.05) is 0 Å². The second-order valence-corrected chi connectivity index (χ2v) is 6.64. The molecule has 4 N–H and O–H groups in total. The average Bonchev–Trinajstić information content (AvgIpc) is 2.83. The number of benzene rings is 1. The maximum Gasteiger partial charge on any atom is 0.251 e.